The number of aryl methyl sites for hydroxylation is 2. The van der Waals surface area contributed by atoms with Crippen LogP contribution in [0.1, 0.15) is 45.2 Å². The number of nitrogens with zero attached hydrogens (tertiary/aromatic N) is 2. The Hall–Kier alpha value is -2.57. The minimum absolute atomic E-state index is 0.221. The Morgan fingerprint density at radius 2 is 1.85 bits per heavy atom. The number of amidine groups is 1. The van der Waals surface area contributed by atoms with E-state index >= 15 is 0 Å². The molecule has 1 aliphatic heterocycles. The van der Waals surface area contributed by atoms with Crippen molar-refractivity contribution in [2.45, 2.75) is 59.6 Å². The van der Waals surface area contributed by atoms with E-state index in [1.54, 1.807) is 30.9 Å². The average molecular weight is 376 g/mol. The summed E-state index contributed by atoms with van der Waals surface area (Å²) in [6.45, 7) is 11.1. The number of hydrogen-bond donors (Lipinski definition) is 2. The fourth-order valence-corrected chi connectivity index (χ4v) is 3.13. The van der Waals surface area contributed by atoms with Crippen molar-refractivity contribution in [1.29, 1.82) is 0 Å². The predicted molar refractivity (Wildman–Crippen MR) is 105 cm³/mol. The first-order chi connectivity index (χ1) is 12.4. The van der Waals surface area contributed by atoms with Gasteiger partial charge in [0.05, 0.1) is 11.7 Å². The van der Waals surface area contributed by atoms with Crippen molar-refractivity contribution in [3.05, 3.63) is 40.3 Å². The molecule has 1 aliphatic rings. The molecule has 4 N–H and O–H groups in total. The molecule has 0 unspecified atom stereocenters. The molecule has 0 fully saturated rings. The van der Waals surface area contributed by atoms with Crippen molar-refractivity contribution in [3.63, 3.8) is 0 Å². The summed E-state index contributed by atoms with van der Waals surface area (Å²) in [6.07, 6.45) is 0.0673. The molecule has 148 valence electrons. The second-order valence-electron chi connectivity index (χ2n) is 7.93. The van der Waals surface area contributed by atoms with E-state index in [1.165, 1.54) is 0 Å². The summed E-state index contributed by atoms with van der Waals surface area (Å²) >= 11 is 0. The number of aliphatic imine (C=N–C) groups is 1. The van der Waals surface area contributed by atoms with Gasteiger partial charge in [-0.1, -0.05) is 0 Å². The molecule has 6 nitrogen and oxygen atoms in total. The molecule has 1 aromatic carbocycles. The Morgan fingerprint density at radius 1 is 1.30 bits per heavy atom. The first kappa shape index (κ1) is 20.7. The zero-order valence-electron chi connectivity index (χ0n) is 16.9. The van der Waals surface area contributed by atoms with Crippen LogP contribution in [0.5, 0.6) is 0 Å². The number of hydrogen-bond acceptors (Lipinski definition) is 4. The molecule has 2 rings (SSSR count). The average Bonchev–Trinajstić information content (AvgIpc) is 2.50. The molecule has 1 atom stereocenters. The maximum Gasteiger partial charge on any atom is 0.410 e. The standard InChI is InChI=1S/C20H29FN4O2/c1-11-9-14(10-12(2)17(11)21)24-18(23)16-13(3)25(8-7-15(16)22)19(26)27-20(4,5)6/h9-10,13H,7-8,22H2,1-6H3,(H2,23,24)/t13-/m0/s1. The minimum Gasteiger partial charge on any atom is -0.444 e. The quantitative estimate of drug-likeness (QED) is 0.608. The van der Waals surface area contributed by atoms with Gasteiger partial charge in [-0.25, -0.2) is 14.2 Å². The van der Waals surface area contributed by atoms with Crippen LogP contribution in [0.2, 0.25) is 0 Å². The molecule has 1 heterocycles. The van der Waals surface area contributed by atoms with Gasteiger partial charge in [-0.2, -0.15) is 0 Å². The Labute approximate surface area is 160 Å². The van der Waals surface area contributed by atoms with Crippen molar-refractivity contribution >= 4 is 17.6 Å². The van der Waals surface area contributed by atoms with Crippen LogP contribution in [0.3, 0.4) is 0 Å². The topological polar surface area (TPSA) is 93.9 Å². The van der Waals surface area contributed by atoms with Crippen LogP contribution in [0.25, 0.3) is 0 Å². The van der Waals surface area contributed by atoms with E-state index in [4.69, 9.17) is 16.2 Å². The normalized spacial score (nSPS) is 18.7. The molecule has 27 heavy (non-hydrogen) atoms. The Bertz CT molecular complexity index is 786. The molecule has 0 saturated heterocycles. The second kappa shape index (κ2) is 7.58. The smallest absolute Gasteiger partial charge is 0.410 e. The third kappa shape index (κ3) is 4.78. The summed E-state index contributed by atoms with van der Waals surface area (Å²) in [6, 6.07) is 2.89. The molecule has 7 heteroatoms. The van der Waals surface area contributed by atoms with Crippen molar-refractivity contribution in [2.24, 2.45) is 16.5 Å². The Kier molecular flexibility index (Phi) is 5.82. The van der Waals surface area contributed by atoms with E-state index in [2.05, 4.69) is 4.99 Å². The third-order valence-electron chi connectivity index (χ3n) is 4.43. The number of carbonyl (C=O) groups excluding carboxylic acids is 1. The zero-order chi connectivity index (χ0) is 20.5. The summed E-state index contributed by atoms with van der Waals surface area (Å²) in [7, 11) is 0. The SMILES string of the molecule is Cc1cc(N=C(N)C2=C(N)CCN(C(=O)OC(C)(C)C)[C@H]2C)cc(C)c1F. The van der Waals surface area contributed by atoms with Crippen LogP contribution in [-0.4, -0.2) is 35.0 Å². The van der Waals surface area contributed by atoms with E-state index in [0.29, 0.717) is 41.1 Å². The lowest BCUT2D eigenvalue weighted by atomic mass is 9.97. The fraction of sp³-hybridized carbons (Fsp3) is 0.500. The van der Waals surface area contributed by atoms with Crippen molar-refractivity contribution in [3.8, 4) is 0 Å². The van der Waals surface area contributed by atoms with Gasteiger partial charge in [-0.05, 0) is 64.8 Å². The minimum atomic E-state index is -0.591. The van der Waals surface area contributed by atoms with Crippen molar-refractivity contribution < 1.29 is 13.9 Å². The van der Waals surface area contributed by atoms with Crippen LogP contribution in [0.15, 0.2) is 28.4 Å². The monoisotopic (exact) mass is 376 g/mol. The molecule has 0 bridgehead atoms. The molecular formula is C20H29FN4O2. The summed E-state index contributed by atoms with van der Waals surface area (Å²) < 4.78 is 19.3. The molecule has 0 spiro atoms. The van der Waals surface area contributed by atoms with Gasteiger partial charge in [0, 0.05) is 24.2 Å². The van der Waals surface area contributed by atoms with E-state index < -0.39 is 11.7 Å². The number of amides is 1. The molecule has 0 saturated carbocycles. The van der Waals surface area contributed by atoms with E-state index in [-0.39, 0.29) is 17.7 Å². The van der Waals surface area contributed by atoms with Crippen molar-refractivity contribution in [2.75, 3.05) is 6.54 Å². The van der Waals surface area contributed by atoms with Crippen LogP contribution in [-0.2, 0) is 4.74 Å². The highest BCUT2D eigenvalue weighted by atomic mass is 19.1. The second-order valence-corrected chi connectivity index (χ2v) is 7.93. The van der Waals surface area contributed by atoms with Crippen LogP contribution in [0, 0.1) is 19.7 Å². The highest BCUT2D eigenvalue weighted by Crippen LogP contribution is 2.26. The van der Waals surface area contributed by atoms with Crippen molar-refractivity contribution in [1.82, 2.24) is 4.90 Å². The van der Waals surface area contributed by atoms with E-state index in [1.807, 2.05) is 27.7 Å². The van der Waals surface area contributed by atoms with Crippen LogP contribution >= 0.6 is 0 Å². The summed E-state index contributed by atoms with van der Waals surface area (Å²) in [4.78, 5) is 18.5. The maximum absolute atomic E-state index is 13.8. The Balaban J connectivity index is 2.33. The van der Waals surface area contributed by atoms with Gasteiger partial charge in [0.1, 0.15) is 17.3 Å². The predicted octanol–water partition coefficient (Wildman–Crippen LogP) is 3.67. The number of ether oxygens (including phenoxy) is 1. The first-order valence-electron chi connectivity index (χ1n) is 9.00. The van der Waals surface area contributed by atoms with Gasteiger partial charge in [-0.15, -0.1) is 0 Å². The van der Waals surface area contributed by atoms with Gasteiger partial charge in [0.2, 0.25) is 0 Å². The van der Waals surface area contributed by atoms with Gasteiger partial charge in [0.25, 0.3) is 0 Å². The zero-order valence-corrected chi connectivity index (χ0v) is 16.9. The molecular weight excluding hydrogens is 347 g/mol. The maximum atomic E-state index is 13.8. The lowest BCUT2D eigenvalue weighted by Gasteiger charge is -2.36. The highest BCUT2D eigenvalue weighted by molar-refractivity contribution is 6.01. The number of benzene rings is 1. The summed E-state index contributed by atoms with van der Waals surface area (Å²) in [5, 5.41) is 0. The highest BCUT2D eigenvalue weighted by Gasteiger charge is 2.33. The summed E-state index contributed by atoms with van der Waals surface area (Å²) in [5.41, 5.74) is 14.6. The Morgan fingerprint density at radius 3 is 2.37 bits per heavy atom. The van der Waals surface area contributed by atoms with Gasteiger partial charge in [0.15, 0.2) is 0 Å². The van der Waals surface area contributed by atoms with Gasteiger partial charge >= 0.3 is 6.09 Å². The largest absolute Gasteiger partial charge is 0.444 e. The number of halogens is 1. The lowest BCUT2D eigenvalue weighted by molar-refractivity contribution is 0.0197. The first-order valence-corrected chi connectivity index (χ1v) is 9.00. The number of carbonyl (C=O) groups is 1. The lowest BCUT2D eigenvalue weighted by Crippen LogP contribution is -2.49. The van der Waals surface area contributed by atoms with Gasteiger partial charge < -0.3 is 21.1 Å². The summed E-state index contributed by atoms with van der Waals surface area (Å²) in [5.74, 6) is -0.0351. The molecule has 0 aliphatic carbocycles. The number of rotatable bonds is 2. The van der Waals surface area contributed by atoms with Gasteiger partial charge in [-0.3, -0.25) is 0 Å². The fourth-order valence-electron chi connectivity index (χ4n) is 3.13. The van der Waals surface area contributed by atoms with E-state index in [0.717, 1.165) is 0 Å². The number of nitrogens with two attached hydrogens (primary N) is 2. The van der Waals surface area contributed by atoms with E-state index in [9.17, 15) is 9.18 Å². The molecule has 1 aromatic rings. The van der Waals surface area contributed by atoms with Crippen LogP contribution < -0.4 is 11.5 Å². The third-order valence-corrected chi connectivity index (χ3v) is 4.43. The molecule has 0 aromatic heterocycles. The molecule has 1 amide bonds. The molecule has 0 radical (unpaired) electrons. The van der Waals surface area contributed by atoms with Crippen LogP contribution in [0.4, 0.5) is 14.9 Å².